The van der Waals surface area contributed by atoms with Crippen LogP contribution in [0.15, 0.2) is 79.0 Å². The molecule has 0 aliphatic rings. The second-order valence-electron chi connectivity index (χ2n) is 6.95. The lowest BCUT2D eigenvalue weighted by Gasteiger charge is -2.24. The first-order chi connectivity index (χ1) is 12.8. The molecule has 2 aromatic carbocycles. The van der Waals surface area contributed by atoms with Gasteiger partial charge in [0, 0.05) is 24.0 Å². The first kappa shape index (κ1) is 20.8. The Labute approximate surface area is 159 Å². The smallest absolute Gasteiger partial charge is 0.347 e. The van der Waals surface area contributed by atoms with Gasteiger partial charge in [0.2, 0.25) is 0 Å². The van der Waals surface area contributed by atoms with Crippen molar-refractivity contribution < 1.29 is 13.2 Å². The van der Waals surface area contributed by atoms with E-state index in [0.717, 1.165) is 18.5 Å². The van der Waals surface area contributed by atoms with Gasteiger partial charge < -0.3 is 4.90 Å². The van der Waals surface area contributed by atoms with E-state index >= 15 is 0 Å². The molecule has 144 valence electrons. The lowest BCUT2D eigenvalue weighted by Crippen LogP contribution is -2.21. The number of allylic oxidation sites excluding steroid dienone is 2. The minimum absolute atomic E-state index is 0.0940. The molecular weight excluding hydrogens is 347 g/mol. The van der Waals surface area contributed by atoms with E-state index in [1.165, 1.54) is 0 Å². The zero-order chi connectivity index (χ0) is 19.9. The number of rotatable bonds is 8. The Hall–Kier alpha value is -2.49. The normalized spacial score (nSPS) is 12.3. The summed E-state index contributed by atoms with van der Waals surface area (Å²) < 4.78 is 40.3. The van der Waals surface area contributed by atoms with E-state index in [9.17, 15) is 13.2 Å². The Kier molecular flexibility index (Phi) is 7.28. The summed E-state index contributed by atoms with van der Waals surface area (Å²) in [6.07, 6.45) is -0.996. The van der Waals surface area contributed by atoms with Gasteiger partial charge in [-0.05, 0) is 36.5 Å². The van der Waals surface area contributed by atoms with Crippen molar-refractivity contribution >= 4 is 11.3 Å². The maximum atomic E-state index is 13.4. The van der Waals surface area contributed by atoms with Gasteiger partial charge in [0.05, 0.1) is 5.57 Å². The third-order valence-electron chi connectivity index (χ3n) is 4.31. The lowest BCUT2D eigenvalue weighted by molar-refractivity contribution is -0.0867. The summed E-state index contributed by atoms with van der Waals surface area (Å²) in [7, 11) is 0. The zero-order valence-electron chi connectivity index (χ0n) is 15.8. The minimum Gasteiger partial charge on any atom is -0.347 e. The third kappa shape index (κ3) is 6.31. The van der Waals surface area contributed by atoms with Crippen LogP contribution in [-0.2, 0) is 0 Å². The van der Waals surface area contributed by atoms with E-state index in [2.05, 4.69) is 20.4 Å². The monoisotopic (exact) mass is 373 g/mol. The summed E-state index contributed by atoms with van der Waals surface area (Å²) in [6, 6.07) is 18.1. The molecule has 0 saturated carbocycles. The topological polar surface area (TPSA) is 3.24 Å². The molecule has 0 heterocycles. The molecule has 27 heavy (non-hydrogen) atoms. The molecule has 0 atom stereocenters. The summed E-state index contributed by atoms with van der Waals surface area (Å²) in [5.41, 5.74) is 0.629. The Morgan fingerprint density at radius 1 is 1.00 bits per heavy atom. The van der Waals surface area contributed by atoms with Crippen molar-refractivity contribution in [1.82, 2.24) is 0 Å². The average molecular weight is 373 g/mol. The molecule has 0 aliphatic carbocycles. The number of hydrogen-bond acceptors (Lipinski definition) is 1. The van der Waals surface area contributed by atoms with Crippen molar-refractivity contribution in [3.8, 4) is 0 Å². The molecule has 0 amide bonds. The molecule has 0 spiro atoms. The van der Waals surface area contributed by atoms with Crippen molar-refractivity contribution in [2.75, 3.05) is 11.4 Å². The van der Waals surface area contributed by atoms with Crippen LogP contribution in [0.2, 0.25) is 0 Å². The third-order valence-corrected chi connectivity index (χ3v) is 4.31. The second kappa shape index (κ2) is 9.45. The first-order valence-corrected chi connectivity index (χ1v) is 9.14. The zero-order valence-corrected chi connectivity index (χ0v) is 15.8. The summed E-state index contributed by atoms with van der Waals surface area (Å²) >= 11 is 0. The van der Waals surface area contributed by atoms with Crippen molar-refractivity contribution in [3.05, 3.63) is 84.6 Å². The predicted molar refractivity (Wildman–Crippen MR) is 107 cm³/mol. The molecule has 0 saturated heterocycles. The average Bonchev–Trinajstić information content (AvgIpc) is 2.64. The van der Waals surface area contributed by atoms with E-state index in [-0.39, 0.29) is 5.57 Å². The Balaban J connectivity index is 2.44. The molecule has 0 aromatic heterocycles. The van der Waals surface area contributed by atoms with E-state index in [1.54, 1.807) is 36.5 Å². The minimum atomic E-state index is -4.48. The number of alkyl halides is 3. The van der Waals surface area contributed by atoms with Gasteiger partial charge in [0.1, 0.15) is 0 Å². The summed E-state index contributed by atoms with van der Waals surface area (Å²) in [6.45, 7) is 8.27. The van der Waals surface area contributed by atoms with Gasteiger partial charge in [-0.3, -0.25) is 0 Å². The fourth-order valence-corrected chi connectivity index (χ4v) is 2.81. The van der Waals surface area contributed by atoms with Gasteiger partial charge in [-0.15, -0.1) is 0 Å². The predicted octanol–water partition coefficient (Wildman–Crippen LogP) is 7.09. The van der Waals surface area contributed by atoms with Gasteiger partial charge in [-0.2, -0.15) is 13.2 Å². The van der Waals surface area contributed by atoms with Crippen LogP contribution in [0.3, 0.4) is 0 Å². The molecule has 0 fully saturated rings. The van der Waals surface area contributed by atoms with E-state index in [1.807, 2.05) is 35.2 Å². The van der Waals surface area contributed by atoms with Gasteiger partial charge >= 0.3 is 6.18 Å². The fraction of sp³-hybridized carbons (Fsp3) is 0.304. The van der Waals surface area contributed by atoms with Gasteiger partial charge in [-0.25, -0.2) is 0 Å². The Bertz CT molecular complexity index is 746. The Morgan fingerprint density at radius 2 is 1.56 bits per heavy atom. The maximum Gasteiger partial charge on any atom is 0.416 e. The van der Waals surface area contributed by atoms with Crippen LogP contribution < -0.4 is 4.90 Å². The number of hydrogen-bond donors (Lipinski definition) is 0. The number of halogens is 3. The molecule has 0 aliphatic heterocycles. The van der Waals surface area contributed by atoms with E-state index in [4.69, 9.17) is 0 Å². The molecule has 0 N–H and O–H groups in total. The molecule has 0 bridgehead atoms. The van der Waals surface area contributed by atoms with Gasteiger partial charge in [0.25, 0.3) is 0 Å². The van der Waals surface area contributed by atoms with Crippen LogP contribution in [0.1, 0.15) is 32.3 Å². The van der Waals surface area contributed by atoms with Crippen LogP contribution >= 0.6 is 0 Å². The number of para-hydroxylation sites is 1. The van der Waals surface area contributed by atoms with Crippen molar-refractivity contribution in [1.29, 1.82) is 0 Å². The highest BCUT2D eigenvalue weighted by molar-refractivity contribution is 5.81. The maximum absolute atomic E-state index is 13.4. The van der Waals surface area contributed by atoms with E-state index < -0.39 is 11.7 Å². The van der Waals surface area contributed by atoms with Crippen LogP contribution in [0.5, 0.6) is 0 Å². The molecule has 0 unspecified atom stereocenters. The lowest BCUT2D eigenvalue weighted by atomic mass is 9.99. The van der Waals surface area contributed by atoms with Crippen LogP contribution in [0, 0.1) is 5.92 Å². The fourth-order valence-electron chi connectivity index (χ4n) is 2.81. The molecule has 2 aromatic rings. The second-order valence-corrected chi connectivity index (χ2v) is 6.95. The first-order valence-electron chi connectivity index (χ1n) is 9.14. The van der Waals surface area contributed by atoms with Crippen molar-refractivity contribution in [2.24, 2.45) is 5.92 Å². The molecule has 4 heteroatoms. The molecule has 2 rings (SSSR count). The highest BCUT2D eigenvalue weighted by atomic mass is 19.4. The van der Waals surface area contributed by atoms with Crippen LogP contribution in [-0.4, -0.2) is 12.7 Å². The molecular formula is C23H26F3N. The van der Waals surface area contributed by atoms with Crippen molar-refractivity contribution in [3.63, 3.8) is 0 Å². The van der Waals surface area contributed by atoms with Crippen LogP contribution in [0.25, 0.3) is 5.57 Å². The highest BCUT2D eigenvalue weighted by Gasteiger charge is 2.35. The summed E-state index contributed by atoms with van der Waals surface area (Å²) in [5.74, 6) is 0.547. The number of anilines is 1. The molecule has 1 nitrogen and oxygen atoms in total. The van der Waals surface area contributed by atoms with Crippen molar-refractivity contribution in [2.45, 2.75) is 32.9 Å². The standard InChI is InChI=1S/C23H26F3N/c1-18(2)11-10-16-27(21-14-8-5-9-15-21)17-22(19(3)23(24,25)26)20-12-6-4-7-13-20/h4-9,12-15,17-18H,3,10-11,16H2,1-2H3/b22-17+. The largest absolute Gasteiger partial charge is 0.416 e. The quantitative estimate of drug-likeness (QED) is 0.447. The molecule has 0 radical (unpaired) electrons. The van der Waals surface area contributed by atoms with E-state index in [0.29, 0.717) is 18.0 Å². The highest BCUT2D eigenvalue weighted by Crippen LogP contribution is 2.36. The summed E-state index contributed by atoms with van der Waals surface area (Å²) in [4.78, 5) is 1.89. The number of benzene rings is 2. The SMILES string of the molecule is C=C(/C(=C\N(CCCC(C)C)c1ccccc1)c1ccccc1)C(F)(F)F. The van der Waals surface area contributed by atoms with Crippen LogP contribution in [0.4, 0.5) is 18.9 Å². The number of nitrogens with zero attached hydrogens (tertiary/aromatic N) is 1. The Morgan fingerprint density at radius 3 is 2.07 bits per heavy atom. The van der Waals surface area contributed by atoms with Gasteiger partial charge in [-0.1, -0.05) is 69.0 Å². The van der Waals surface area contributed by atoms with Gasteiger partial charge in [0.15, 0.2) is 0 Å². The summed E-state index contributed by atoms with van der Waals surface area (Å²) in [5, 5.41) is 0.